The van der Waals surface area contributed by atoms with Crippen molar-refractivity contribution >= 4 is 19.8 Å². The minimum absolute atomic E-state index is 0.190. The maximum Gasteiger partial charge on any atom is 0.587 e. The second kappa shape index (κ2) is 16.2. The van der Waals surface area contributed by atoms with Crippen LogP contribution >= 0.6 is 7.82 Å². The lowest BCUT2D eigenvalue weighted by molar-refractivity contribution is 0.0651. The summed E-state index contributed by atoms with van der Waals surface area (Å²) < 4.78 is 29.7. The fourth-order valence-electron chi connectivity index (χ4n) is 3.21. The Labute approximate surface area is 217 Å². The Hall–Kier alpha value is -3.61. The summed E-state index contributed by atoms with van der Waals surface area (Å²) in [5.74, 6) is -1.53. The van der Waals surface area contributed by atoms with Gasteiger partial charge in [0, 0.05) is 0 Å². The van der Waals surface area contributed by atoms with Gasteiger partial charge in [0.15, 0.2) is 0 Å². The van der Waals surface area contributed by atoms with Gasteiger partial charge in [-0.05, 0) is 42.8 Å². The van der Waals surface area contributed by atoms with E-state index in [4.69, 9.17) is 23.8 Å². The van der Waals surface area contributed by atoms with Crippen LogP contribution in [-0.4, -0.2) is 28.8 Å². The normalized spacial score (nSPS) is 10.6. The first-order valence-corrected chi connectivity index (χ1v) is 13.6. The van der Waals surface area contributed by atoms with E-state index >= 15 is 0 Å². The zero-order valence-corrected chi connectivity index (χ0v) is 21.7. The van der Waals surface area contributed by atoms with Crippen molar-refractivity contribution in [3.8, 4) is 11.5 Å². The van der Waals surface area contributed by atoms with Crippen LogP contribution in [0.2, 0.25) is 0 Å². The van der Waals surface area contributed by atoms with Crippen LogP contribution < -0.4 is 9.05 Å². The number of para-hydroxylation sites is 2. The van der Waals surface area contributed by atoms with Crippen molar-refractivity contribution in [1.29, 1.82) is 0 Å². The molecule has 8 nitrogen and oxygen atoms in total. The topological polar surface area (TPSA) is 119 Å². The van der Waals surface area contributed by atoms with Gasteiger partial charge in [0.05, 0.1) is 17.7 Å². The van der Waals surface area contributed by atoms with Gasteiger partial charge >= 0.3 is 19.8 Å². The maximum absolute atomic E-state index is 13.0. The number of unbranched alkanes of at least 4 members (excludes halogenated alkanes) is 5. The molecule has 0 spiro atoms. The first kappa shape index (κ1) is 29.6. The van der Waals surface area contributed by atoms with Gasteiger partial charge < -0.3 is 19.3 Å². The standard InChI is InChI=1S/C20H27O4P.C8H6O4/c1-2-3-4-5-6-13-18-22-25(21,23-19-14-9-7-10-15-19)24-20-16-11-8-12-17-20;9-7(10)5-3-1-2-4-6(5)8(11)12/h7-12,14-17H,2-6,13,18H2,1H3;1-4H,(H,9,10)(H,11,12). The van der Waals surface area contributed by atoms with Gasteiger partial charge in [-0.3, -0.25) is 4.52 Å². The minimum Gasteiger partial charge on any atom is -0.478 e. The molecule has 198 valence electrons. The predicted octanol–water partition coefficient (Wildman–Crippen LogP) is 7.71. The Morgan fingerprint density at radius 1 is 0.649 bits per heavy atom. The molecule has 0 fully saturated rings. The number of benzene rings is 3. The Bertz CT molecular complexity index is 1060. The molecule has 37 heavy (non-hydrogen) atoms. The molecule has 2 N–H and O–H groups in total. The van der Waals surface area contributed by atoms with E-state index in [0.717, 1.165) is 12.8 Å². The molecule has 9 heteroatoms. The summed E-state index contributed by atoms with van der Waals surface area (Å²) in [6, 6.07) is 23.4. The average Bonchev–Trinajstić information content (AvgIpc) is 2.89. The summed E-state index contributed by atoms with van der Waals surface area (Å²) in [6.07, 6.45) is 6.77. The van der Waals surface area contributed by atoms with Crippen LogP contribution in [0.15, 0.2) is 84.9 Å². The molecule has 0 bridgehead atoms. The van der Waals surface area contributed by atoms with Gasteiger partial charge in [0.2, 0.25) is 0 Å². The largest absolute Gasteiger partial charge is 0.587 e. The lowest BCUT2D eigenvalue weighted by atomic mass is 10.1. The zero-order chi connectivity index (χ0) is 26.9. The summed E-state index contributed by atoms with van der Waals surface area (Å²) in [5, 5.41) is 17.1. The number of aromatic carboxylic acids is 2. The quantitative estimate of drug-likeness (QED) is 0.161. The summed E-state index contributed by atoms with van der Waals surface area (Å²) in [6.45, 7) is 2.55. The summed E-state index contributed by atoms with van der Waals surface area (Å²) in [7, 11) is -3.72. The van der Waals surface area contributed by atoms with E-state index in [0.29, 0.717) is 18.1 Å². The number of hydrogen-bond acceptors (Lipinski definition) is 6. The van der Waals surface area contributed by atoms with E-state index in [9.17, 15) is 14.2 Å². The highest BCUT2D eigenvalue weighted by Crippen LogP contribution is 2.49. The van der Waals surface area contributed by atoms with Crippen molar-refractivity contribution in [2.24, 2.45) is 0 Å². The Morgan fingerprint density at radius 3 is 1.49 bits per heavy atom. The molecule has 0 aliphatic rings. The molecule has 0 aliphatic heterocycles. The number of rotatable bonds is 14. The Morgan fingerprint density at radius 2 is 1.05 bits per heavy atom. The molecule has 0 radical (unpaired) electrons. The van der Waals surface area contributed by atoms with Crippen molar-refractivity contribution in [2.75, 3.05) is 6.61 Å². The van der Waals surface area contributed by atoms with Crippen LogP contribution in [0.1, 0.15) is 66.2 Å². The van der Waals surface area contributed by atoms with Crippen LogP contribution in [0.4, 0.5) is 0 Å². The third-order valence-corrected chi connectivity index (χ3v) is 6.42. The van der Waals surface area contributed by atoms with Crippen molar-refractivity contribution in [3.63, 3.8) is 0 Å². The predicted molar refractivity (Wildman–Crippen MR) is 141 cm³/mol. The second-order valence-corrected chi connectivity index (χ2v) is 9.53. The number of phosphoric acid groups is 1. The Kier molecular flexibility index (Phi) is 13.0. The smallest absolute Gasteiger partial charge is 0.478 e. The summed E-state index contributed by atoms with van der Waals surface area (Å²) >= 11 is 0. The van der Waals surface area contributed by atoms with Gasteiger partial charge in [-0.2, -0.15) is 0 Å². The number of hydrogen-bond donors (Lipinski definition) is 2. The summed E-state index contributed by atoms with van der Waals surface area (Å²) in [4.78, 5) is 20.9. The van der Waals surface area contributed by atoms with Gasteiger partial charge in [-0.15, -0.1) is 0 Å². The van der Waals surface area contributed by atoms with E-state index in [1.54, 1.807) is 24.3 Å². The zero-order valence-electron chi connectivity index (χ0n) is 20.8. The Balaban J connectivity index is 0.000000335. The fraction of sp³-hybridized carbons (Fsp3) is 0.286. The van der Waals surface area contributed by atoms with E-state index in [1.165, 1.54) is 49.9 Å². The molecule has 0 saturated heterocycles. The van der Waals surface area contributed by atoms with Crippen molar-refractivity contribution in [3.05, 3.63) is 96.1 Å². The second-order valence-electron chi connectivity index (χ2n) is 8.01. The van der Waals surface area contributed by atoms with Crippen molar-refractivity contribution in [2.45, 2.75) is 45.4 Å². The number of carbonyl (C=O) groups is 2. The van der Waals surface area contributed by atoms with Gasteiger partial charge in [0.25, 0.3) is 0 Å². The highest BCUT2D eigenvalue weighted by Gasteiger charge is 2.30. The molecule has 0 atom stereocenters. The molecule has 0 saturated carbocycles. The molecule has 0 heterocycles. The van der Waals surface area contributed by atoms with Gasteiger partial charge in [-0.1, -0.05) is 87.6 Å². The van der Waals surface area contributed by atoms with E-state index in [-0.39, 0.29) is 11.1 Å². The molecule has 3 rings (SSSR count). The molecule has 0 amide bonds. The fourth-order valence-corrected chi connectivity index (χ4v) is 4.46. The number of carboxylic acid groups (broad SMARTS) is 2. The molecular formula is C28H33O8P. The number of carboxylic acids is 2. The van der Waals surface area contributed by atoms with Gasteiger partial charge in [0.1, 0.15) is 11.5 Å². The first-order valence-electron chi connectivity index (χ1n) is 12.1. The van der Waals surface area contributed by atoms with Crippen LogP contribution in [0, 0.1) is 0 Å². The first-order chi connectivity index (χ1) is 17.8. The average molecular weight is 529 g/mol. The van der Waals surface area contributed by atoms with E-state index < -0.39 is 19.8 Å². The molecular weight excluding hydrogens is 495 g/mol. The van der Waals surface area contributed by atoms with Crippen LogP contribution in [-0.2, 0) is 9.09 Å². The molecule has 0 aliphatic carbocycles. The van der Waals surface area contributed by atoms with Crippen LogP contribution in [0.3, 0.4) is 0 Å². The van der Waals surface area contributed by atoms with Gasteiger partial charge in [-0.25, -0.2) is 14.2 Å². The SMILES string of the molecule is CCCCCCCCOP(=O)(Oc1ccccc1)Oc1ccccc1.O=C(O)c1ccccc1C(=O)O. The lowest BCUT2D eigenvalue weighted by Crippen LogP contribution is -2.06. The highest BCUT2D eigenvalue weighted by atomic mass is 31.2. The van der Waals surface area contributed by atoms with E-state index in [2.05, 4.69) is 6.92 Å². The third kappa shape index (κ3) is 11.3. The molecule has 3 aromatic rings. The van der Waals surface area contributed by atoms with Crippen molar-refractivity contribution in [1.82, 2.24) is 0 Å². The lowest BCUT2D eigenvalue weighted by Gasteiger charge is -2.19. The van der Waals surface area contributed by atoms with E-state index in [1.807, 2.05) is 36.4 Å². The molecule has 3 aromatic carbocycles. The van der Waals surface area contributed by atoms with Crippen LogP contribution in [0.25, 0.3) is 0 Å². The highest BCUT2D eigenvalue weighted by molar-refractivity contribution is 7.49. The monoisotopic (exact) mass is 528 g/mol. The molecule has 0 aromatic heterocycles. The summed E-state index contributed by atoms with van der Waals surface area (Å²) in [5.41, 5.74) is -0.380. The minimum atomic E-state index is -3.72. The maximum atomic E-state index is 13.0. The number of phosphoric ester groups is 1. The van der Waals surface area contributed by atoms with Crippen molar-refractivity contribution < 1.29 is 37.9 Å². The molecule has 0 unspecified atom stereocenters. The third-order valence-electron chi connectivity index (χ3n) is 5.06. The van der Waals surface area contributed by atoms with Crippen LogP contribution in [0.5, 0.6) is 11.5 Å².